The van der Waals surface area contributed by atoms with Gasteiger partial charge in [-0.15, -0.1) is 0 Å². The molecule has 0 aliphatic heterocycles. The highest BCUT2D eigenvalue weighted by atomic mass is 16.6. The van der Waals surface area contributed by atoms with Gasteiger partial charge in [-0.25, -0.2) is 0 Å². The zero-order valence-corrected chi connectivity index (χ0v) is 11.7. The Kier molecular flexibility index (Phi) is 4.52. The predicted molar refractivity (Wildman–Crippen MR) is 76.1 cm³/mol. The Morgan fingerprint density at radius 3 is 2.27 bits per heavy atom. The van der Waals surface area contributed by atoms with E-state index in [2.05, 4.69) is 10.9 Å². The van der Waals surface area contributed by atoms with Crippen LogP contribution in [-0.4, -0.2) is 16.7 Å². The lowest BCUT2D eigenvalue weighted by Gasteiger charge is -2.06. The number of rotatable bonds is 4. The van der Waals surface area contributed by atoms with Crippen LogP contribution in [0.1, 0.15) is 33.4 Å². The fourth-order valence-electron chi connectivity index (χ4n) is 1.69. The Labute approximate surface area is 125 Å². The summed E-state index contributed by atoms with van der Waals surface area (Å²) in [5, 5.41) is 10.5. The molecule has 0 saturated carbocycles. The molecule has 0 unspecified atom stereocenters. The van der Waals surface area contributed by atoms with E-state index in [0.29, 0.717) is 5.56 Å². The van der Waals surface area contributed by atoms with Crippen molar-refractivity contribution in [2.24, 2.45) is 0 Å². The lowest BCUT2D eigenvalue weighted by atomic mass is 10.1. The van der Waals surface area contributed by atoms with Gasteiger partial charge < -0.3 is 4.42 Å². The fourth-order valence-corrected chi connectivity index (χ4v) is 1.69. The van der Waals surface area contributed by atoms with E-state index in [1.807, 2.05) is 19.1 Å². The quantitative estimate of drug-likeness (QED) is 0.660. The minimum absolute atomic E-state index is 0.270. The highest BCUT2D eigenvalue weighted by Gasteiger charge is 2.17. The van der Waals surface area contributed by atoms with Gasteiger partial charge in [0.15, 0.2) is 0 Å². The van der Waals surface area contributed by atoms with E-state index in [1.54, 1.807) is 12.1 Å². The smallest absolute Gasteiger partial charge is 0.395 e. The van der Waals surface area contributed by atoms with E-state index in [-0.39, 0.29) is 5.76 Å². The van der Waals surface area contributed by atoms with Crippen molar-refractivity contribution in [3.05, 3.63) is 63.4 Å². The van der Waals surface area contributed by atoms with Crippen LogP contribution in [0.3, 0.4) is 0 Å². The Balaban J connectivity index is 1.94. The predicted octanol–water partition coefficient (Wildman–Crippen LogP) is 1.82. The summed E-state index contributed by atoms with van der Waals surface area (Å²) in [4.78, 5) is 33.2. The summed E-state index contributed by atoms with van der Waals surface area (Å²) in [6.07, 6.45) is 0.857. The maximum Gasteiger partial charge on any atom is 0.433 e. The van der Waals surface area contributed by atoms with Crippen LogP contribution in [0.2, 0.25) is 0 Å². The number of nitro groups is 1. The molecule has 1 aromatic heterocycles. The second-order valence-electron chi connectivity index (χ2n) is 4.35. The molecule has 0 radical (unpaired) electrons. The van der Waals surface area contributed by atoms with Gasteiger partial charge in [0.1, 0.15) is 4.92 Å². The van der Waals surface area contributed by atoms with Crippen molar-refractivity contribution >= 4 is 17.7 Å². The van der Waals surface area contributed by atoms with Crippen molar-refractivity contribution in [3.8, 4) is 0 Å². The average Bonchev–Trinajstić information content (AvgIpc) is 3.02. The number of hydrazine groups is 1. The number of amides is 2. The lowest BCUT2D eigenvalue weighted by Crippen LogP contribution is -2.41. The van der Waals surface area contributed by atoms with Gasteiger partial charge in [-0.2, -0.15) is 0 Å². The zero-order chi connectivity index (χ0) is 16.1. The molecule has 1 heterocycles. The van der Waals surface area contributed by atoms with E-state index in [0.717, 1.165) is 24.1 Å². The molecule has 0 atom stereocenters. The summed E-state index contributed by atoms with van der Waals surface area (Å²) in [5.41, 5.74) is 5.79. The number of nitrogens with zero attached hydrogens (tertiary/aromatic N) is 1. The van der Waals surface area contributed by atoms with Gasteiger partial charge in [0.05, 0.1) is 6.07 Å². The summed E-state index contributed by atoms with van der Waals surface area (Å²) in [6, 6.07) is 9.10. The number of aryl methyl sites for hydroxylation is 1. The van der Waals surface area contributed by atoms with Crippen LogP contribution < -0.4 is 10.9 Å². The molecule has 0 saturated heterocycles. The molecule has 2 rings (SSSR count). The Morgan fingerprint density at radius 1 is 1.09 bits per heavy atom. The summed E-state index contributed by atoms with van der Waals surface area (Å²) >= 11 is 0. The lowest BCUT2D eigenvalue weighted by molar-refractivity contribution is -0.402. The third kappa shape index (κ3) is 3.48. The van der Waals surface area contributed by atoms with Gasteiger partial charge in [-0.05, 0) is 30.2 Å². The molecule has 2 amide bonds. The van der Waals surface area contributed by atoms with Crippen LogP contribution >= 0.6 is 0 Å². The fraction of sp³-hybridized carbons (Fsp3) is 0.143. The minimum Gasteiger partial charge on any atom is -0.395 e. The van der Waals surface area contributed by atoms with Crippen molar-refractivity contribution in [2.45, 2.75) is 13.3 Å². The number of furan rings is 1. The van der Waals surface area contributed by atoms with Gasteiger partial charge >= 0.3 is 11.8 Å². The Morgan fingerprint density at radius 2 is 1.73 bits per heavy atom. The molecular formula is C14H13N3O5. The SMILES string of the molecule is CCc1ccc(C(=O)NNC(=O)c2ccc([N+](=O)[O-])o2)cc1. The van der Waals surface area contributed by atoms with E-state index >= 15 is 0 Å². The van der Waals surface area contributed by atoms with E-state index < -0.39 is 22.6 Å². The highest BCUT2D eigenvalue weighted by Crippen LogP contribution is 2.15. The normalized spacial score (nSPS) is 10.0. The molecule has 114 valence electrons. The van der Waals surface area contributed by atoms with E-state index in [9.17, 15) is 19.7 Å². The van der Waals surface area contributed by atoms with Gasteiger partial charge in [0.25, 0.3) is 5.91 Å². The second kappa shape index (κ2) is 6.53. The molecule has 2 aromatic rings. The van der Waals surface area contributed by atoms with Crippen LogP contribution in [0.5, 0.6) is 0 Å². The Hall–Kier alpha value is -3.16. The number of hydrogen-bond acceptors (Lipinski definition) is 5. The monoisotopic (exact) mass is 303 g/mol. The second-order valence-corrected chi connectivity index (χ2v) is 4.35. The first-order valence-corrected chi connectivity index (χ1v) is 6.45. The number of hydrogen-bond donors (Lipinski definition) is 2. The first-order valence-electron chi connectivity index (χ1n) is 6.45. The van der Waals surface area contributed by atoms with Gasteiger partial charge in [0.2, 0.25) is 5.76 Å². The standard InChI is InChI=1S/C14H13N3O5/c1-2-9-3-5-10(6-4-9)13(18)15-16-14(19)11-7-8-12(22-11)17(20)21/h3-8H,2H2,1H3,(H,15,18)(H,16,19). The van der Waals surface area contributed by atoms with Crippen molar-refractivity contribution in [1.29, 1.82) is 0 Å². The Bertz CT molecular complexity index is 706. The summed E-state index contributed by atoms with van der Waals surface area (Å²) in [6.45, 7) is 2.00. The largest absolute Gasteiger partial charge is 0.433 e. The van der Waals surface area contributed by atoms with Crippen LogP contribution in [0, 0.1) is 10.1 Å². The molecular weight excluding hydrogens is 290 g/mol. The van der Waals surface area contributed by atoms with Crippen molar-refractivity contribution < 1.29 is 18.9 Å². The topological polar surface area (TPSA) is 114 Å². The molecule has 2 N–H and O–H groups in total. The molecule has 22 heavy (non-hydrogen) atoms. The molecule has 0 aliphatic rings. The number of benzene rings is 1. The van der Waals surface area contributed by atoms with E-state index in [1.165, 1.54) is 0 Å². The van der Waals surface area contributed by atoms with E-state index in [4.69, 9.17) is 4.42 Å². The number of nitrogens with one attached hydrogen (secondary N) is 2. The van der Waals surface area contributed by atoms with Crippen molar-refractivity contribution in [2.75, 3.05) is 0 Å². The molecule has 0 aliphatic carbocycles. The molecule has 8 heteroatoms. The molecule has 0 spiro atoms. The van der Waals surface area contributed by atoms with Gasteiger partial charge in [-0.1, -0.05) is 19.1 Å². The number of carbonyl (C=O) groups excluding carboxylic acids is 2. The van der Waals surface area contributed by atoms with Crippen LogP contribution in [-0.2, 0) is 6.42 Å². The molecule has 0 bridgehead atoms. The van der Waals surface area contributed by atoms with Crippen molar-refractivity contribution in [1.82, 2.24) is 10.9 Å². The van der Waals surface area contributed by atoms with Crippen LogP contribution in [0.25, 0.3) is 0 Å². The minimum atomic E-state index is -0.786. The number of carbonyl (C=O) groups is 2. The van der Waals surface area contributed by atoms with Gasteiger partial charge in [0, 0.05) is 5.56 Å². The third-order valence-electron chi connectivity index (χ3n) is 2.91. The van der Waals surface area contributed by atoms with Crippen molar-refractivity contribution in [3.63, 3.8) is 0 Å². The molecule has 0 fully saturated rings. The van der Waals surface area contributed by atoms with Gasteiger partial charge in [-0.3, -0.25) is 30.6 Å². The van der Waals surface area contributed by atoms with Crippen LogP contribution in [0.4, 0.5) is 5.88 Å². The summed E-state index contributed by atoms with van der Waals surface area (Å²) in [7, 11) is 0. The first-order chi connectivity index (χ1) is 10.5. The van der Waals surface area contributed by atoms with Crippen LogP contribution in [0.15, 0.2) is 40.8 Å². The first kappa shape index (κ1) is 15.2. The summed E-state index contributed by atoms with van der Waals surface area (Å²) < 4.78 is 4.71. The zero-order valence-electron chi connectivity index (χ0n) is 11.7. The molecule has 1 aromatic carbocycles. The maximum atomic E-state index is 11.8. The average molecular weight is 303 g/mol. The maximum absolute atomic E-state index is 11.8. The summed E-state index contributed by atoms with van der Waals surface area (Å²) in [5.74, 6) is -2.11. The highest BCUT2D eigenvalue weighted by molar-refractivity contribution is 5.98. The third-order valence-corrected chi connectivity index (χ3v) is 2.91. The molecule has 8 nitrogen and oxygen atoms in total.